The minimum atomic E-state index is 0.652. The van der Waals surface area contributed by atoms with Crippen LogP contribution in [0.4, 0.5) is 0 Å². The highest BCUT2D eigenvalue weighted by molar-refractivity contribution is 7.13. The largest absolute Gasteiger partial charge is 0.340 e. The van der Waals surface area contributed by atoms with E-state index >= 15 is 0 Å². The fourth-order valence-electron chi connectivity index (χ4n) is 3.34. The monoisotopic (exact) mass is 343 g/mol. The van der Waals surface area contributed by atoms with E-state index < -0.39 is 0 Å². The van der Waals surface area contributed by atoms with E-state index in [0.717, 1.165) is 37.6 Å². The molecule has 3 aromatic rings. The molecular formula is C17H21N5OS. The standard InChI is InChI=1S/C17H21N5OS/c1-12-19-16(21-23-12)9-13-4-6-22(7-5-13)11-14-10-18-20-17(14)15-3-2-8-24-15/h2-3,8,10,13H,4-7,9,11H2,1H3,(H,18,20). The van der Waals surface area contributed by atoms with Crippen molar-refractivity contribution in [1.82, 2.24) is 25.2 Å². The second kappa shape index (κ2) is 6.86. The van der Waals surface area contributed by atoms with Crippen LogP contribution in [0.5, 0.6) is 0 Å². The van der Waals surface area contributed by atoms with Crippen molar-refractivity contribution in [1.29, 1.82) is 0 Å². The van der Waals surface area contributed by atoms with Crippen LogP contribution in [0.15, 0.2) is 28.2 Å². The molecule has 0 atom stereocenters. The third kappa shape index (κ3) is 3.42. The summed E-state index contributed by atoms with van der Waals surface area (Å²) in [4.78, 5) is 8.09. The Morgan fingerprint density at radius 3 is 2.96 bits per heavy atom. The van der Waals surface area contributed by atoms with Crippen LogP contribution in [-0.4, -0.2) is 38.3 Å². The van der Waals surface area contributed by atoms with Gasteiger partial charge >= 0.3 is 0 Å². The average Bonchev–Trinajstić information content (AvgIpc) is 3.31. The Morgan fingerprint density at radius 2 is 2.25 bits per heavy atom. The first-order valence-electron chi connectivity index (χ1n) is 8.35. The SMILES string of the molecule is Cc1nc(CC2CCN(Cc3cn[nH]c3-c3cccs3)CC2)no1. The molecule has 0 bridgehead atoms. The van der Waals surface area contributed by atoms with Crippen molar-refractivity contribution in [3.05, 3.63) is 41.0 Å². The Kier molecular flexibility index (Phi) is 4.44. The number of nitrogens with zero attached hydrogens (tertiary/aromatic N) is 4. The Bertz CT molecular complexity index is 771. The smallest absolute Gasteiger partial charge is 0.223 e. The van der Waals surface area contributed by atoms with E-state index in [1.54, 1.807) is 11.3 Å². The molecular weight excluding hydrogens is 322 g/mol. The quantitative estimate of drug-likeness (QED) is 0.770. The molecule has 0 aliphatic carbocycles. The summed E-state index contributed by atoms with van der Waals surface area (Å²) in [5.74, 6) is 2.16. The first-order valence-corrected chi connectivity index (χ1v) is 9.23. The van der Waals surface area contributed by atoms with Crippen LogP contribution in [0.25, 0.3) is 10.6 Å². The molecule has 6 nitrogen and oxygen atoms in total. The van der Waals surface area contributed by atoms with Gasteiger partial charge in [-0.05, 0) is 43.3 Å². The lowest BCUT2D eigenvalue weighted by Crippen LogP contribution is -2.34. The van der Waals surface area contributed by atoms with Gasteiger partial charge in [-0.25, -0.2) is 0 Å². The van der Waals surface area contributed by atoms with Gasteiger partial charge in [-0.15, -0.1) is 11.3 Å². The van der Waals surface area contributed by atoms with Crippen LogP contribution in [0.3, 0.4) is 0 Å². The normalized spacial score (nSPS) is 16.7. The second-order valence-electron chi connectivity index (χ2n) is 6.40. The Morgan fingerprint density at radius 1 is 1.38 bits per heavy atom. The highest BCUT2D eigenvalue weighted by atomic mass is 32.1. The third-order valence-electron chi connectivity index (χ3n) is 4.63. The van der Waals surface area contributed by atoms with E-state index in [1.807, 2.05) is 13.1 Å². The van der Waals surface area contributed by atoms with E-state index in [9.17, 15) is 0 Å². The first-order chi connectivity index (χ1) is 11.8. The Hall–Kier alpha value is -1.99. The van der Waals surface area contributed by atoms with Gasteiger partial charge in [0.05, 0.1) is 16.8 Å². The molecule has 1 fully saturated rings. The van der Waals surface area contributed by atoms with Crippen molar-refractivity contribution >= 4 is 11.3 Å². The lowest BCUT2D eigenvalue weighted by Gasteiger charge is -2.31. The molecule has 0 amide bonds. The predicted octanol–water partition coefficient (Wildman–Crippen LogP) is 3.28. The lowest BCUT2D eigenvalue weighted by atomic mass is 9.93. The summed E-state index contributed by atoms with van der Waals surface area (Å²) in [6.07, 6.45) is 5.25. The minimum Gasteiger partial charge on any atom is -0.340 e. The lowest BCUT2D eigenvalue weighted by molar-refractivity contribution is 0.175. The number of hydrogen-bond acceptors (Lipinski definition) is 6. The van der Waals surface area contributed by atoms with Gasteiger partial charge in [-0.3, -0.25) is 10.00 Å². The third-order valence-corrected chi connectivity index (χ3v) is 5.51. The molecule has 1 aliphatic heterocycles. The van der Waals surface area contributed by atoms with Gasteiger partial charge in [0.1, 0.15) is 0 Å². The minimum absolute atomic E-state index is 0.652. The molecule has 0 unspecified atom stereocenters. The molecule has 1 saturated heterocycles. The van der Waals surface area contributed by atoms with E-state index in [4.69, 9.17) is 4.52 Å². The van der Waals surface area contributed by atoms with Gasteiger partial charge in [-0.1, -0.05) is 11.2 Å². The number of H-pyrrole nitrogens is 1. The molecule has 0 aromatic carbocycles. The van der Waals surface area contributed by atoms with Crippen LogP contribution in [0.2, 0.25) is 0 Å². The molecule has 7 heteroatoms. The molecule has 4 rings (SSSR count). The van der Waals surface area contributed by atoms with E-state index in [0.29, 0.717) is 11.8 Å². The van der Waals surface area contributed by atoms with Crippen LogP contribution in [0.1, 0.15) is 30.1 Å². The van der Waals surface area contributed by atoms with Crippen molar-refractivity contribution in [3.63, 3.8) is 0 Å². The number of hydrogen-bond donors (Lipinski definition) is 1. The molecule has 1 N–H and O–H groups in total. The molecule has 1 aliphatic rings. The number of nitrogens with one attached hydrogen (secondary N) is 1. The highest BCUT2D eigenvalue weighted by Crippen LogP contribution is 2.28. The second-order valence-corrected chi connectivity index (χ2v) is 7.35. The number of piperidine rings is 1. The number of aromatic nitrogens is 4. The molecule has 4 heterocycles. The van der Waals surface area contributed by atoms with Crippen molar-refractivity contribution in [2.45, 2.75) is 32.7 Å². The van der Waals surface area contributed by atoms with Crippen LogP contribution < -0.4 is 0 Å². The van der Waals surface area contributed by atoms with Crippen LogP contribution >= 0.6 is 11.3 Å². The number of aromatic amines is 1. The summed E-state index contributed by atoms with van der Waals surface area (Å²) in [5.41, 5.74) is 2.44. The van der Waals surface area contributed by atoms with Gasteiger partial charge in [0.2, 0.25) is 5.89 Å². The molecule has 3 aromatic heterocycles. The van der Waals surface area contributed by atoms with E-state index in [-0.39, 0.29) is 0 Å². The van der Waals surface area contributed by atoms with Gasteiger partial charge < -0.3 is 4.52 Å². The van der Waals surface area contributed by atoms with Gasteiger partial charge in [-0.2, -0.15) is 10.1 Å². The molecule has 0 spiro atoms. The molecule has 126 valence electrons. The topological polar surface area (TPSA) is 70.8 Å². The number of rotatable bonds is 5. The fraction of sp³-hybridized carbons (Fsp3) is 0.471. The van der Waals surface area contributed by atoms with E-state index in [1.165, 1.54) is 23.3 Å². The zero-order chi connectivity index (χ0) is 16.4. The zero-order valence-electron chi connectivity index (χ0n) is 13.7. The Labute approximate surface area is 144 Å². The van der Waals surface area contributed by atoms with Gasteiger partial charge in [0, 0.05) is 25.5 Å². The molecule has 0 radical (unpaired) electrons. The maximum Gasteiger partial charge on any atom is 0.223 e. The summed E-state index contributed by atoms with van der Waals surface area (Å²) in [5, 5.41) is 13.5. The van der Waals surface area contributed by atoms with Crippen molar-refractivity contribution in [2.24, 2.45) is 5.92 Å². The maximum atomic E-state index is 5.06. The van der Waals surface area contributed by atoms with Crippen molar-refractivity contribution < 1.29 is 4.52 Å². The summed E-state index contributed by atoms with van der Waals surface area (Å²) in [7, 11) is 0. The summed E-state index contributed by atoms with van der Waals surface area (Å²) >= 11 is 1.75. The summed E-state index contributed by atoms with van der Waals surface area (Å²) in [6.45, 7) is 5.01. The van der Waals surface area contributed by atoms with Crippen LogP contribution in [-0.2, 0) is 13.0 Å². The average molecular weight is 343 g/mol. The van der Waals surface area contributed by atoms with Gasteiger partial charge in [0.15, 0.2) is 5.82 Å². The van der Waals surface area contributed by atoms with Crippen molar-refractivity contribution in [3.8, 4) is 10.6 Å². The Balaban J connectivity index is 1.33. The van der Waals surface area contributed by atoms with Crippen LogP contribution in [0, 0.1) is 12.8 Å². The summed E-state index contributed by atoms with van der Waals surface area (Å²) < 4.78 is 5.06. The fourth-order valence-corrected chi connectivity index (χ4v) is 4.09. The zero-order valence-corrected chi connectivity index (χ0v) is 14.6. The first kappa shape index (κ1) is 15.5. The summed E-state index contributed by atoms with van der Waals surface area (Å²) in [6, 6.07) is 4.22. The molecule has 24 heavy (non-hydrogen) atoms. The number of thiophene rings is 1. The molecule has 0 saturated carbocycles. The number of likely N-dealkylation sites (tertiary alicyclic amines) is 1. The highest BCUT2D eigenvalue weighted by Gasteiger charge is 2.22. The van der Waals surface area contributed by atoms with Gasteiger partial charge in [0.25, 0.3) is 0 Å². The van der Waals surface area contributed by atoms with E-state index in [2.05, 4.69) is 42.8 Å². The predicted molar refractivity (Wildman–Crippen MR) is 92.6 cm³/mol. The number of aryl methyl sites for hydroxylation is 1. The van der Waals surface area contributed by atoms with Crippen molar-refractivity contribution in [2.75, 3.05) is 13.1 Å². The maximum absolute atomic E-state index is 5.06.